The minimum absolute atomic E-state index is 0.0188. The highest BCUT2D eigenvalue weighted by atomic mass is 35.5. The molecule has 1 saturated carbocycles. The van der Waals surface area contributed by atoms with Gasteiger partial charge in [0.05, 0.1) is 34.9 Å². The number of methoxy groups -OCH3 is 1. The third kappa shape index (κ3) is 5.12. The van der Waals surface area contributed by atoms with Gasteiger partial charge in [0.25, 0.3) is 0 Å². The second-order valence-electron chi connectivity index (χ2n) is 6.28. The van der Waals surface area contributed by atoms with Gasteiger partial charge in [0.1, 0.15) is 11.6 Å². The lowest BCUT2D eigenvalue weighted by atomic mass is 10.3. The van der Waals surface area contributed by atoms with Crippen LogP contribution in [0, 0.1) is 5.82 Å². The molecular formula is C18H19ClFN3O4S. The zero-order valence-corrected chi connectivity index (χ0v) is 16.5. The summed E-state index contributed by atoms with van der Waals surface area (Å²) < 4.78 is 45.6. The van der Waals surface area contributed by atoms with Gasteiger partial charge in [-0.15, -0.1) is 0 Å². The first-order chi connectivity index (χ1) is 13.3. The third-order valence-corrected chi connectivity index (χ3v) is 5.86. The van der Waals surface area contributed by atoms with Crippen molar-refractivity contribution >= 4 is 38.9 Å². The maximum absolute atomic E-state index is 13.1. The van der Waals surface area contributed by atoms with Gasteiger partial charge >= 0.3 is 0 Å². The van der Waals surface area contributed by atoms with Gasteiger partial charge in [-0.2, -0.15) is 0 Å². The number of hydrogen-bond donors (Lipinski definition) is 3. The largest absolute Gasteiger partial charge is 0.495 e. The first-order valence-corrected chi connectivity index (χ1v) is 10.3. The number of sulfonamides is 1. The highest BCUT2D eigenvalue weighted by Crippen LogP contribution is 2.29. The molecular weight excluding hydrogens is 409 g/mol. The molecule has 28 heavy (non-hydrogen) atoms. The Hall–Kier alpha value is -2.36. The molecule has 0 heterocycles. The highest BCUT2D eigenvalue weighted by molar-refractivity contribution is 7.89. The van der Waals surface area contributed by atoms with Gasteiger partial charge in [-0.05, 0) is 49.2 Å². The van der Waals surface area contributed by atoms with Crippen LogP contribution in [0.25, 0.3) is 0 Å². The van der Waals surface area contributed by atoms with E-state index in [0.29, 0.717) is 11.4 Å². The van der Waals surface area contributed by atoms with E-state index in [0.717, 1.165) is 18.9 Å². The van der Waals surface area contributed by atoms with Crippen LogP contribution in [-0.2, 0) is 14.8 Å². The molecule has 1 aliphatic rings. The number of ether oxygens (including phenoxy) is 1. The Labute approximate surface area is 167 Å². The minimum atomic E-state index is -3.64. The summed E-state index contributed by atoms with van der Waals surface area (Å²) in [6.07, 6.45) is 1.65. The summed E-state index contributed by atoms with van der Waals surface area (Å²) in [5.74, 6) is -0.568. The summed E-state index contributed by atoms with van der Waals surface area (Å²) in [6, 6.07) is 7.96. The van der Waals surface area contributed by atoms with E-state index >= 15 is 0 Å². The number of benzene rings is 2. The van der Waals surface area contributed by atoms with E-state index in [9.17, 15) is 17.6 Å². The molecule has 2 aromatic carbocycles. The molecule has 0 aromatic heterocycles. The van der Waals surface area contributed by atoms with Crippen molar-refractivity contribution in [3.8, 4) is 5.75 Å². The Morgan fingerprint density at radius 1 is 1.21 bits per heavy atom. The summed E-state index contributed by atoms with van der Waals surface area (Å²) in [4.78, 5) is 12.2. The molecule has 0 unspecified atom stereocenters. The van der Waals surface area contributed by atoms with Gasteiger partial charge < -0.3 is 15.4 Å². The molecule has 150 valence electrons. The molecule has 1 aliphatic carbocycles. The molecule has 10 heteroatoms. The number of carbonyl (C=O) groups excluding carboxylic acids is 1. The molecule has 0 bridgehead atoms. The number of anilines is 2. The lowest BCUT2D eigenvalue weighted by molar-refractivity contribution is -0.114. The fourth-order valence-corrected chi connectivity index (χ4v) is 3.99. The maximum Gasteiger partial charge on any atom is 0.243 e. The highest BCUT2D eigenvalue weighted by Gasteiger charge is 2.28. The number of rotatable bonds is 8. The van der Waals surface area contributed by atoms with E-state index in [1.54, 1.807) is 0 Å². The maximum atomic E-state index is 13.1. The quantitative estimate of drug-likeness (QED) is 0.601. The van der Waals surface area contributed by atoms with E-state index in [1.165, 1.54) is 37.4 Å². The van der Waals surface area contributed by atoms with Crippen molar-refractivity contribution in [2.24, 2.45) is 0 Å². The second-order valence-corrected chi connectivity index (χ2v) is 8.40. The number of hydrogen-bond acceptors (Lipinski definition) is 5. The first-order valence-electron chi connectivity index (χ1n) is 8.47. The molecule has 0 spiro atoms. The normalized spacial score (nSPS) is 13.8. The molecule has 1 amide bonds. The molecule has 2 aromatic rings. The predicted molar refractivity (Wildman–Crippen MR) is 105 cm³/mol. The van der Waals surface area contributed by atoms with E-state index in [4.69, 9.17) is 16.3 Å². The van der Waals surface area contributed by atoms with Gasteiger partial charge in [-0.25, -0.2) is 17.5 Å². The van der Waals surface area contributed by atoms with E-state index in [1.807, 2.05) is 0 Å². The van der Waals surface area contributed by atoms with Crippen LogP contribution in [0.15, 0.2) is 41.3 Å². The standard InChI is InChI=1S/C18H19ClFN3O4S/c1-27-17-7-5-13(28(25,26)23-12-3-4-12)9-16(17)21-10-18(24)22-15-6-2-11(20)8-14(15)19/h2,5-9,12,21,23H,3-4,10H2,1H3,(H,22,24). The van der Waals surface area contributed by atoms with Crippen LogP contribution < -0.4 is 20.1 Å². The Kier molecular flexibility index (Phi) is 6.07. The van der Waals surface area contributed by atoms with Crippen LogP contribution in [0.4, 0.5) is 15.8 Å². The Balaban J connectivity index is 1.70. The summed E-state index contributed by atoms with van der Waals surface area (Å²) in [5, 5.41) is 5.48. The van der Waals surface area contributed by atoms with Gasteiger partial charge in [0, 0.05) is 6.04 Å². The average Bonchev–Trinajstić information content (AvgIpc) is 3.45. The number of amides is 1. The molecule has 0 saturated heterocycles. The molecule has 0 radical (unpaired) electrons. The van der Waals surface area contributed by atoms with Crippen molar-refractivity contribution in [3.05, 3.63) is 47.2 Å². The summed E-state index contributed by atoms with van der Waals surface area (Å²) in [5.41, 5.74) is 0.619. The fraction of sp³-hybridized carbons (Fsp3) is 0.278. The van der Waals surface area contributed by atoms with Crippen molar-refractivity contribution in [2.75, 3.05) is 24.3 Å². The smallest absolute Gasteiger partial charge is 0.243 e. The zero-order chi connectivity index (χ0) is 20.3. The topological polar surface area (TPSA) is 96.5 Å². The van der Waals surface area contributed by atoms with E-state index in [-0.39, 0.29) is 28.2 Å². The van der Waals surface area contributed by atoms with Crippen molar-refractivity contribution < 1.29 is 22.3 Å². The zero-order valence-electron chi connectivity index (χ0n) is 15.0. The van der Waals surface area contributed by atoms with Gasteiger partial charge in [0.15, 0.2) is 0 Å². The Morgan fingerprint density at radius 3 is 2.61 bits per heavy atom. The van der Waals surface area contributed by atoms with Crippen molar-refractivity contribution in [2.45, 2.75) is 23.8 Å². The van der Waals surface area contributed by atoms with Crippen LogP contribution in [0.2, 0.25) is 5.02 Å². The number of halogens is 2. The third-order valence-electron chi connectivity index (χ3n) is 4.03. The SMILES string of the molecule is COc1ccc(S(=O)(=O)NC2CC2)cc1NCC(=O)Nc1ccc(F)cc1Cl. The molecule has 3 N–H and O–H groups in total. The molecule has 7 nitrogen and oxygen atoms in total. The van der Waals surface area contributed by atoms with Crippen LogP contribution in [0.5, 0.6) is 5.75 Å². The molecule has 3 rings (SSSR count). The Morgan fingerprint density at radius 2 is 1.96 bits per heavy atom. The summed E-state index contributed by atoms with van der Waals surface area (Å²) in [7, 11) is -2.20. The van der Waals surface area contributed by atoms with Crippen molar-refractivity contribution in [3.63, 3.8) is 0 Å². The number of carbonyl (C=O) groups is 1. The fourth-order valence-electron chi connectivity index (χ4n) is 2.44. The van der Waals surface area contributed by atoms with Crippen molar-refractivity contribution in [1.29, 1.82) is 0 Å². The summed E-state index contributed by atoms with van der Waals surface area (Å²) in [6.45, 7) is -0.177. The van der Waals surface area contributed by atoms with Gasteiger partial charge in [0.2, 0.25) is 15.9 Å². The van der Waals surface area contributed by atoms with Crippen LogP contribution in [0.3, 0.4) is 0 Å². The summed E-state index contributed by atoms with van der Waals surface area (Å²) >= 11 is 5.89. The van der Waals surface area contributed by atoms with Gasteiger partial charge in [-0.3, -0.25) is 4.79 Å². The second kappa shape index (κ2) is 8.34. The molecule has 0 aliphatic heterocycles. The molecule has 1 fully saturated rings. The van der Waals surface area contributed by atoms with E-state index in [2.05, 4.69) is 15.4 Å². The monoisotopic (exact) mass is 427 g/mol. The van der Waals surface area contributed by atoms with Crippen LogP contribution in [0.1, 0.15) is 12.8 Å². The Bertz CT molecular complexity index is 996. The first kappa shape index (κ1) is 20.4. The lowest BCUT2D eigenvalue weighted by Crippen LogP contribution is -2.26. The lowest BCUT2D eigenvalue weighted by Gasteiger charge is -2.14. The minimum Gasteiger partial charge on any atom is -0.495 e. The van der Waals surface area contributed by atoms with Gasteiger partial charge in [-0.1, -0.05) is 11.6 Å². The predicted octanol–water partition coefficient (Wildman–Crippen LogP) is 2.98. The number of nitrogens with one attached hydrogen (secondary N) is 3. The molecule has 0 atom stereocenters. The average molecular weight is 428 g/mol. The van der Waals surface area contributed by atoms with Crippen LogP contribution >= 0.6 is 11.6 Å². The van der Waals surface area contributed by atoms with Crippen molar-refractivity contribution in [1.82, 2.24) is 4.72 Å². The van der Waals surface area contributed by atoms with Crippen LogP contribution in [-0.4, -0.2) is 34.0 Å². The van der Waals surface area contributed by atoms with E-state index < -0.39 is 21.7 Å².